The van der Waals surface area contributed by atoms with Gasteiger partial charge in [-0.25, -0.2) is 4.39 Å². The molecule has 0 amide bonds. The number of alkyl halides is 3. The van der Waals surface area contributed by atoms with Crippen molar-refractivity contribution in [3.63, 3.8) is 0 Å². The van der Waals surface area contributed by atoms with Crippen LogP contribution in [0.4, 0.5) is 23.2 Å². The lowest BCUT2D eigenvalue weighted by molar-refractivity contribution is -0.344. The minimum absolute atomic E-state index is 0.231. The number of carboxylic acid groups (broad SMARTS) is 1. The smallest absolute Gasteiger partial charge is 0.430 e. The van der Waals surface area contributed by atoms with Crippen LogP contribution in [0.25, 0.3) is 4.98 Å². The number of carbonyl (C=O) groups is 1. The Balaban J connectivity index is 0.000000293. The van der Waals surface area contributed by atoms with E-state index in [0.717, 1.165) is 6.07 Å². The molecule has 0 saturated carbocycles. The van der Waals surface area contributed by atoms with Crippen molar-refractivity contribution in [3.8, 4) is 0 Å². The molecule has 0 N–H and O–H groups in total. The fraction of sp³-hybridized carbons (Fsp3) is 0.125. The van der Waals surface area contributed by atoms with Crippen LogP contribution in [0, 0.1) is 11.2 Å². The number of hydrogen-bond acceptors (Lipinski definition) is 3. The van der Waals surface area contributed by atoms with E-state index in [1.165, 1.54) is 18.2 Å². The van der Waals surface area contributed by atoms with Crippen LogP contribution in [-0.4, -0.2) is 12.1 Å². The van der Waals surface area contributed by atoms with Gasteiger partial charge in [0.1, 0.15) is 11.8 Å². The molecule has 16 heavy (non-hydrogen) atoms. The Morgan fingerprint density at radius 3 is 2.12 bits per heavy atom. The first-order valence-electron chi connectivity index (χ1n) is 3.66. The number of rotatable bonds is 0. The average molecular weight is 236 g/mol. The highest BCUT2D eigenvalue weighted by molar-refractivity contribution is 5.70. The fourth-order valence-electron chi connectivity index (χ4n) is 0.538. The number of benzene rings is 1. The van der Waals surface area contributed by atoms with Crippen LogP contribution in [-0.2, 0) is 4.79 Å². The van der Waals surface area contributed by atoms with Gasteiger partial charge in [-0.3, -0.25) is 0 Å². The van der Waals surface area contributed by atoms with E-state index in [-0.39, 0.29) is 5.69 Å². The topological polar surface area (TPSA) is 68.3 Å². The lowest BCUT2D eigenvalue weighted by Gasteiger charge is -2.03. The van der Waals surface area contributed by atoms with Gasteiger partial charge in [0.05, 0.1) is 6.07 Å². The molecule has 0 unspecified atom stereocenters. The van der Waals surface area contributed by atoms with Gasteiger partial charge in [-0.15, -0.1) is 0 Å². The first kappa shape index (κ1) is 13.8. The lowest BCUT2D eigenvalue weighted by Crippen LogP contribution is -2.37. The normalized spacial score (nSPS) is 9.69. The fourth-order valence-corrected chi connectivity index (χ4v) is 0.538. The van der Waals surface area contributed by atoms with E-state index >= 15 is 0 Å². The Bertz CT molecular complexity index is 411. The standard InChI is InChI=1S/C6H4FN2.C2HF3O2/c7-5-2-1-3-6(4-5)9-8;3-2(4,5)1(6)7/h1-4H;(H,6,7)/q+1;/p-1. The molecule has 0 aliphatic heterocycles. The van der Waals surface area contributed by atoms with E-state index in [1.54, 1.807) is 0 Å². The Labute approximate surface area is 86.7 Å². The molecule has 8 heteroatoms. The highest BCUT2D eigenvalue weighted by atomic mass is 19.4. The number of carbonyl (C=O) groups excluding carboxylic acids is 1. The highest BCUT2D eigenvalue weighted by Gasteiger charge is 2.28. The van der Waals surface area contributed by atoms with Crippen LogP contribution in [0.3, 0.4) is 0 Å². The van der Waals surface area contributed by atoms with Gasteiger partial charge in [0.25, 0.3) is 0 Å². The predicted molar refractivity (Wildman–Crippen MR) is 42.2 cm³/mol. The van der Waals surface area contributed by atoms with Crippen LogP contribution >= 0.6 is 0 Å². The maximum atomic E-state index is 12.2. The molecule has 1 aromatic carbocycles. The van der Waals surface area contributed by atoms with Gasteiger partial charge in [-0.05, 0) is 6.07 Å². The van der Waals surface area contributed by atoms with Crippen LogP contribution in [0.15, 0.2) is 24.3 Å². The maximum absolute atomic E-state index is 12.2. The van der Waals surface area contributed by atoms with Crippen molar-refractivity contribution in [2.45, 2.75) is 6.18 Å². The molecule has 4 nitrogen and oxygen atoms in total. The number of diazo groups is 1. The quantitative estimate of drug-likeness (QED) is 0.507. The molecular weight excluding hydrogens is 232 g/mol. The van der Waals surface area contributed by atoms with Gasteiger partial charge in [0.2, 0.25) is 5.39 Å². The van der Waals surface area contributed by atoms with Crippen molar-refractivity contribution < 1.29 is 27.5 Å². The van der Waals surface area contributed by atoms with Crippen LogP contribution in [0.5, 0.6) is 0 Å². The second kappa shape index (κ2) is 5.65. The second-order valence-electron chi connectivity index (χ2n) is 2.37. The molecule has 0 aliphatic carbocycles. The van der Waals surface area contributed by atoms with E-state index in [1.807, 2.05) is 0 Å². The Hall–Kier alpha value is -2.17. The van der Waals surface area contributed by atoms with Gasteiger partial charge in [-0.1, -0.05) is 6.07 Å². The third-order valence-electron chi connectivity index (χ3n) is 1.16. The van der Waals surface area contributed by atoms with Crippen molar-refractivity contribution in [2.75, 3.05) is 0 Å². The van der Waals surface area contributed by atoms with Gasteiger partial charge in [0, 0.05) is 6.07 Å². The molecule has 0 spiro atoms. The van der Waals surface area contributed by atoms with E-state index in [9.17, 15) is 17.6 Å². The molecule has 0 aliphatic rings. The van der Waals surface area contributed by atoms with E-state index in [0.29, 0.717) is 0 Å². The summed E-state index contributed by atoms with van der Waals surface area (Å²) in [4.78, 5) is 11.6. The first-order chi connectivity index (χ1) is 7.27. The summed E-state index contributed by atoms with van der Waals surface area (Å²) in [6.45, 7) is 0. The van der Waals surface area contributed by atoms with Gasteiger partial charge < -0.3 is 9.90 Å². The SMILES string of the molecule is N#[N+]c1cccc(F)c1.O=C([O-])C(F)(F)F. The number of halogens is 4. The molecule has 1 aromatic rings. The second-order valence-corrected chi connectivity index (χ2v) is 2.37. The molecule has 0 heterocycles. The lowest BCUT2D eigenvalue weighted by atomic mass is 10.3. The summed E-state index contributed by atoms with van der Waals surface area (Å²) in [5.74, 6) is -3.40. The number of hydrogen-bond donors (Lipinski definition) is 0. The van der Waals surface area contributed by atoms with E-state index in [2.05, 4.69) is 4.98 Å². The van der Waals surface area contributed by atoms with Gasteiger partial charge >= 0.3 is 11.9 Å². The minimum atomic E-state index is -5.19. The molecule has 86 valence electrons. The molecule has 0 atom stereocenters. The monoisotopic (exact) mass is 236 g/mol. The molecule has 0 radical (unpaired) electrons. The van der Waals surface area contributed by atoms with Crippen molar-refractivity contribution in [3.05, 3.63) is 35.1 Å². The first-order valence-corrected chi connectivity index (χ1v) is 3.66. The maximum Gasteiger partial charge on any atom is 0.430 e. The summed E-state index contributed by atoms with van der Waals surface area (Å²) in [5, 5.41) is 16.9. The highest BCUT2D eigenvalue weighted by Crippen LogP contribution is 2.12. The third-order valence-corrected chi connectivity index (χ3v) is 1.16. The van der Waals surface area contributed by atoms with Crippen molar-refractivity contribution in [1.82, 2.24) is 0 Å². The van der Waals surface area contributed by atoms with Gasteiger partial charge in [-0.2, -0.15) is 13.2 Å². The summed E-state index contributed by atoms with van der Waals surface area (Å²) in [5.41, 5.74) is 0.231. The molecule has 0 fully saturated rings. The number of aliphatic carboxylic acids is 1. The largest absolute Gasteiger partial charge is 0.542 e. The predicted octanol–water partition coefficient (Wildman–Crippen LogP) is 1.61. The molecule has 0 saturated heterocycles. The van der Waals surface area contributed by atoms with E-state index in [4.69, 9.17) is 15.3 Å². The zero-order chi connectivity index (χ0) is 12.8. The number of carboxylic acids is 1. The average Bonchev–Trinajstić information content (AvgIpc) is 2.17. The molecule has 1 rings (SSSR count). The minimum Gasteiger partial charge on any atom is -0.542 e. The zero-order valence-electron chi connectivity index (χ0n) is 7.53. The van der Waals surface area contributed by atoms with Crippen molar-refractivity contribution >= 4 is 11.7 Å². The third kappa shape index (κ3) is 5.54. The Morgan fingerprint density at radius 1 is 1.38 bits per heavy atom. The molecule has 0 bridgehead atoms. The zero-order valence-corrected chi connectivity index (χ0v) is 7.53. The molecular formula is C8H4F4N2O2. The van der Waals surface area contributed by atoms with Crippen LogP contribution in [0.1, 0.15) is 0 Å². The Morgan fingerprint density at radius 2 is 1.88 bits per heavy atom. The molecule has 0 aromatic heterocycles. The van der Waals surface area contributed by atoms with Crippen molar-refractivity contribution in [2.24, 2.45) is 0 Å². The summed E-state index contributed by atoms with van der Waals surface area (Å²) >= 11 is 0. The summed E-state index contributed by atoms with van der Waals surface area (Å²) in [6.07, 6.45) is -5.19. The number of nitrogens with zero attached hydrogens (tertiary/aromatic N) is 2. The summed E-state index contributed by atoms with van der Waals surface area (Å²) in [7, 11) is 0. The van der Waals surface area contributed by atoms with Crippen LogP contribution in [0.2, 0.25) is 0 Å². The van der Waals surface area contributed by atoms with Gasteiger partial charge in [0.15, 0.2) is 4.98 Å². The van der Waals surface area contributed by atoms with Crippen molar-refractivity contribution in [1.29, 1.82) is 5.39 Å². The Kier molecular flexibility index (Phi) is 4.88. The van der Waals surface area contributed by atoms with Crippen LogP contribution < -0.4 is 5.11 Å². The summed E-state index contributed by atoms with van der Waals surface area (Å²) < 4.78 is 43.7. The summed E-state index contributed by atoms with van der Waals surface area (Å²) in [6, 6.07) is 5.40. The van der Waals surface area contributed by atoms with E-state index < -0.39 is 18.0 Å².